The van der Waals surface area contributed by atoms with Crippen molar-refractivity contribution >= 4 is 23.4 Å². The van der Waals surface area contributed by atoms with Crippen LogP contribution in [-0.4, -0.2) is 68.3 Å². The zero-order chi connectivity index (χ0) is 15.7. The largest absolute Gasteiger partial charge is 0.474 e. The quantitative estimate of drug-likeness (QED) is 0.730. The molecule has 2 aromatic heterocycles. The first-order chi connectivity index (χ1) is 10.6. The smallest absolute Gasteiger partial charge is 0.394 e. The zero-order valence-corrected chi connectivity index (χ0v) is 11.7. The minimum atomic E-state index is -1.47. The Kier molecular flexibility index (Phi) is 3.50. The molecule has 114 valence electrons. The number of carboxylic acid groups (broad SMARTS) is 1. The Balaban J connectivity index is 1.69. The highest BCUT2D eigenvalue weighted by atomic mass is 16.4. The van der Waals surface area contributed by atoms with Crippen molar-refractivity contribution in [2.75, 3.05) is 26.2 Å². The molecule has 22 heavy (non-hydrogen) atoms. The lowest BCUT2D eigenvalue weighted by atomic mass is 10.3. The molecule has 3 rings (SSSR count). The van der Waals surface area contributed by atoms with Gasteiger partial charge in [0.05, 0.1) is 0 Å². The summed E-state index contributed by atoms with van der Waals surface area (Å²) in [5, 5.41) is 8.68. The summed E-state index contributed by atoms with van der Waals surface area (Å²) in [6, 6.07) is 5.49. The van der Waals surface area contributed by atoms with Gasteiger partial charge in [0, 0.05) is 38.6 Å². The van der Waals surface area contributed by atoms with Gasteiger partial charge in [-0.2, -0.15) is 0 Å². The monoisotopic (exact) mass is 302 g/mol. The van der Waals surface area contributed by atoms with Crippen molar-refractivity contribution in [3.63, 3.8) is 0 Å². The van der Waals surface area contributed by atoms with Crippen LogP contribution >= 0.6 is 0 Å². The van der Waals surface area contributed by atoms with Gasteiger partial charge in [-0.3, -0.25) is 9.59 Å². The Labute approximate surface area is 125 Å². The molecule has 0 atom stereocenters. The van der Waals surface area contributed by atoms with Crippen LogP contribution < -0.4 is 0 Å². The van der Waals surface area contributed by atoms with Gasteiger partial charge in [-0.15, -0.1) is 0 Å². The number of piperazine rings is 1. The molecule has 8 nitrogen and oxygen atoms in total. The van der Waals surface area contributed by atoms with Gasteiger partial charge in [-0.05, 0) is 12.1 Å². The second-order valence-electron chi connectivity index (χ2n) is 4.98. The molecule has 0 spiro atoms. The van der Waals surface area contributed by atoms with E-state index in [1.54, 1.807) is 21.6 Å². The van der Waals surface area contributed by atoms with Crippen LogP contribution in [0.15, 0.2) is 30.6 Å². The minimum Gasteiger partial charge on any atom is -0.474 e. The number of amides is 2. The van der Waals surface area contributed by atoms with E-state index in [-0.39, 0.29) is 19.0 Å². The molecule has 2 aromatic rings. The van der Waals surface area contributed by atoms with E-state index in [1.165, 1.54) is 4.90 Å². The predicted octanol–water partition coefficient (Wildman–Crippen LogP) is -0.297. The van der Waals surface area contributed by atoms with Gasteiger partial charge in [0.25, 0.3) is 5.91 Å². The van der Waals surface area contributed by atoms with Crippen LogP contribution in [0.4, 0.5) is 0 Å². The Morgan fingerprint density at radius 1 is 1.05 bits per heavy atom. The molecule has 1 fully saturated rings. The average molecular weight is 302 g/mol. The molecule has 3 heterocycles. The number of carboxylic acids is 1. The summed E-state index contributed by atoms with van der Waals surface area (Å²) in [4.78, 5) is 41.5. The number of imidazole rings is 1. The molecule has 8 heteroatoms. The van der Waals surface area contributed by atoms with Crippen molar-refractivity contribution < 1.29 is 19.5 Å². The summed E-state index contributed by atoms with van der Waals surface area (Å²) in [5.41, 5.74) is 1.02. The topological polar surface area (TPSA) is 95.2 Å². The minimum absolute atomic E-state index is 0.213. The third-order valence-corrected chi connectivity index (χ3v) is 3.62. The molecule has 1 saturated heterocycles. The molecular weight excluding hydrogens is 288 g/mol. The van der Waals surface area contributed by atoms with E-state index in [9.17, 15) is 14.4 Å². The van der Waals surface area contributed by atoms with Crippen LogP contribution in [-0.2, 0) is 9.59 Å². The van der Waals surface area contributed by atoms with Crippen LogP contribution in [0.25, 0.3) is 5.65 Å². The van der Waals surface area contributed by atoms with Crippen molar-refractivity contribution in [2.45, 2.75) is 0 Å². The molecule has 0 bridgehead atoms. The molecule has 1 aliphatic heterocycles. The number of aliphatic carboxylic acids is 1. The van der Waals surface area contributed by atoms with Crippen molar-refractivity contribution in [1.29, 1.82) is 0 Å². The van der Waals surface area contributed by atoms with Gasteiger partial charge < -0.3 is 19.3 Å². The van der Waals surface area contributed by atoms with E-state index in [0.29, 0.717) is 24.4 Å². The van der Waals surface area contributed by atoms with E-state index in [0.717, 1.165) is 0 Å². The van der Waals surface area contributed by atoms with Gasteiger partial charge in [0.2, 0.25) is 0 Å². The van der Waals surface area contributed by atoms with Crippen LogP contribution in [0.1, 0.15) is 10.5 Å². The molecule has 1 N–H and O–H groups in total. The number of carbonyl (C=O) groups is 3. The van der Waals surface area contributed by atoms with Gasteiger partial charge >= 0.3 is 11.9 Å². The summed E-state index contributed by atoms with van der Waals surface area (Å²) >= 11 is 0. The van der Waals surface area contributed by atoms with E-state index in [4.69, 9.17) is 5.11 Å². The maximum Gasteiger partial charge on any atom is 0.394 e. The maximum absolute atomic E-state index is 12.4. The van der Waals surface area contributed by atoms with Crippen LogP contribution in [0.2, 0.25) is 0 Å². The lowest BCUT2D eigenvalue weighted by molar-refractivity contribution is -0.156. The first kappa shape index (κ1) is 14.1. The van der Waals surface area contributed by atoms with Gasteiger partial charge in [-0.25, -0.2) is 9.78 Å². The molecule has 0 aliphatic carbocycles. The highest BCUT2D eigenvalue weighted by Gasteiger charge is 2.28. The summed E-state index contributed by atoms with van der Waals surface area (Å²) in [7, 11) is 0. The number of aromatic nitrogens is 2. The third-order valence-electron chi connectivity index (χ3n) is 3.62. The number of carbonyl (C=O) groups excluding carboxylic acids is 2. The highest BCUT2D eigenvalue weighted by Crippen LogP contribution is 2.10. The zero-order valence-electron chi connectivity index (χ0n) is 11.7. The van der Waals surface area contributed by atoms with Gasteiger partial charge in [0.15, 0.2) is 0 Å². The Morgan fingerprint density at radius 3 is 2.36 bits per heavy atom. The lowest BCUT2D eigenvalue weighted by Crippen LogP contribution is -2.52. The highest BCUT2D eigenvalue weighted by molar-refractivity contribution is 6.31. The van der Waals surface area contributed by atoms with E-state index in [1.807, 2.05) is 18.3 Å². The van der Waals surface area contributed by atoms with E-state index < -0.39 is 11.9 Å². The number of hydrogen-bond acceptors (Lipinski definition) is 4. The van der Waals surface area contributed by atoms with Crippen LogP contribution in [0.5, 0.6) is 0 Å². The van der Waals surface area contributed by atoms with E-state index >= 15 is 0 Å². The van der Waals surface area contributed by atoms with Crippen molar-refractivity contribution in [3.05, 3.63) is 36.3 Å². The Morgan fingerprint density at radius 2 is 1.73 bits per heavy atom. The summed E-state index contributed by atoms with van der Waals surface area (Å²) in [5.74, 6) is -2.62. The first-order valence-electron chi connectivity index (χ1n) is 6.81. The fourth-order valence-electron chi connectivity index (χ4n) is 2.45. The number of rotatable bonds is 1. The molecule has 0 radical (unpaired) electrons. The lowest BCUT2D eigenvalue weighted by Gasteiger charge is -2.33. The second kappa shape index (κ2) is 5.47. The SMILES string of the molecule is O=C(O)C(=O)N1CCN(C(=O)c2cn3ccccc3n2)CC1. The molecule has 0 saturated carbocycles. The molecule has 2 amide bonds. The number of pyridine rings is 1. The Bertz CT molecular complexity index is 713. The van der Waals surface area contributed by atoms with Gasteiger partial charge in [-0.1, -0.05) is 6.07 Å². The number of nitrogens with zero attached hydrogens (tertiary/aromatic N) is 4. The molecule has 0 aromatic carbocycles. The first-order valence-corrected chi connectivity index (χ1v) is 6.81. The second-order valence-corrected chi connectivity index (χ2v) is 4.98. The number of fused-ring (bicyclic) bond motifs is 1. The molecule has 0 unspecified atom stereocenters. The van der Waals surface area contributed by atoms with Crippen LogP contribution in [0, 0.1) is 0 Å². The maximum atomic E-state index is 12.4. The van der Waals surface area contributed by atoms with E-state index in [2.05, 4.69) is 4.98 Å². The Hall–Kier alpha value is -2.90. The summed E-state index contributed by atoms with van der Waals surface area (Å²) < 4.78 is 1.76. The fourth-order valence-corrected chi connectivity index (χ4v) is 2.45. The number of hydrogen-bond donors (Lipinski definition) is 1. The van der Waals surface area contributed by atoms with Crippen molar-refractivity contribution in [3.8, 4) is 0 Å². The standard InChI is InChI=1S/C14H14N4O4/c19-12(10-9-18-4-2-1-3-11(18)15-10)16-5-7-17(8-6-16)13(20)14(21)22/h1-4,9H,5-8H2,(H,21,22). The van der Waals surface area contributed by atoms with Crippen LogP contribution in [0.3, 0.4) is 0 Å². The fraction of sp³-hybridized carbons (Fsp3) is 0.286. The summed E-state index contributed by atoms with van der Waals surface area (Å²) in [6.45, 7) is 1.02. The normalized spacial score (nSPS) is 15.1. The predicted molar refractivity (Wildman–Crippen MR) is 75.3 cm³/mol. The summed E-state index contributed by atoms with van der Waals surface area (Å²) in [6.07, 6.45) is 3.47. The van der Waals surface area contributed by atoms with Crippen molar-refractivity contribution in [2.24, 2.45) is 0 Å². The van der Waals surface area contributed by atoms with Crippen molar-refractivity contribution in [1.82, 2.24) is 19.2 Å². The van der Waals surface area contributed by atoms with Gasteiger partial charge in [0.1, 0.15) is 11.3 Å². The average Bonchev–Trinajstić information content (AvgIpc) is 2.97. The molecular formula is C14H14N4O4. The molecule has 1 aliphatic rings. The third kappa shape index (κ3) is 2.50.